The predicted molar refractivity (Wildman–Crippen MR) is 221 cm³/mol. The predicted octanol–water partition coefficient (Wildman–Crippen LogP) is -12.8. The second-order valence-corrected chi connectivity index (χ2v) is 18.2. The molecule has 0 radical (unpaired) electrons. The van der Waals surface area contributed by atoms with Gasteiger partial charge >= 0.3 is 0 Å². The van der Waals surface area contributed by atoms with Gasteiger partial charge in [-0.2, -0.15) is 12.6 Å². The summed E-state index contributed by atoms with van der Waals surface area (Å²) in [5.74, 6) is 0.260. The molecule has 12 unspecified atom stereocenters. The van der Waals surface area contributed by atoms with Crippen molar-refractivity contribution < 1.29 is 154 Å². The summed E-state index contributed by atoms with van der Waals surface area (Å²) in [6.07, 6.45) is -57.8. The van der Waals surface area contributed by atoms with E-state index in [1.54, 1.807) is 0 Å². The number of thiol groups is 1. The molecule has 6 fully saturated rings. The van der Waals surface area contributed by atoms with Crippen LogP contribution in [-0.4, -0.2) is 333 Å². The van der Waals surface area contributed by atoms with Crippen LogP contribution in [0.3, 0.4) is 0 Å². The highest BCUT2D eigenvalue weighted by molar-refractivity contribution is 7.80. The van der Waals surface area contributed by atoms with Gasteiger partial charge in [0, 0.05) is 0 Å². The maximum atomic E-state index is 12.0. The molecule has 0 aliphatic carbocycles. The van der Waals surface area contributed by atoms with E-state index < -0.39 is 224 Å². The monoisotopic (exact) mass is 1060 g/mol. The van der Waals surface area contributed by atoms with Crippen LogP contribution in [0, 0.1) is 0 Å². The van der Waals surface area contributed by atoms with E-state index in [0.717, 1.165) is 0 Å². The third-order valence-corrected chi connectivity index (χ3v) is 13.3. The van der Waals surface area contributed by atoms with Crippen molar-refractivity contribution in [2.45, 2.75) is 191 Å². The minimum Gasteiger partial charge on any atom is -0.394 e. The van der Waals surface area contributed by atoms with Gasteiger partial charge in [0.1, 0.15) is 146 Å². The van der Waals surface area contributed by atoms with Crippen LogP contribution in [0.5, 0.6) is 0 Å². The second-order valence-electron chi connectivity index (χ2n) is 17.7. The van der Waals surface area contributed by atoms with Crippen LogP contribution in [0.25, 0.3) is 0 Å². The largest absolute Gasteiger partial charge is 0.394 e. The van der Waals surface area contributed by atoms with Gasteiger partial charge in [0.05, 0.1) is 46.2 Å². The quantitative estimate of drug-likeness (QED) is 0.0398. The van der Waals surface area contributed by atoms with Crippen molar-refractivity contribution in [1.82, 2.24) is 0 Å². The summed E-state index contributed by atoms with van der Waals surface area (Å²) in [5.41, 5.74) is 0. The van der Waals surface area contributed by atoms with Crippen LogP contribution in [-0.2, 0) is 56.8 Å². The van der Waals surface area contributed by atoms with Gasteiger partial charge in [0.2, 0.25) is 0 Å². The number of hydrogen-bond donors (Lipinski definition) is 20. The summed E-state index contributed by atoms with van der Waals surface area (Å²) in [6, 6.07) is 0. The van der Waals surface area contributed by atoms with Gasteiger partial charge in [0.25, 0.3) is 0 Å². The van der Waals surface area contributed by atoms with Gasteiger partial charge in [-0.3, -0.25) is 0 Å². The lowest BCUT2D eigenvalue weighted by molar-refractivity contribution is -0.405. The van der Waals surface area contributed by atoms with Crippen molar-refractivity contribution in [3.05, 3.63) is 0 Å². The van der Waals surface area contributed by atoms with E-state index in [1.807, 2.05) is 0 Å². The molecule has 6 saturated heterocycles. The van der Waals surface area contributed by atoms with Gasteiger partial charge in [-0.05, 0) is 12.2 Å². The molecule has 6 aliphatic rings. The average Bonchev–Trinajstić information content (AvgIpc) is 3.36. The standard InChI is InChI=1S/C39H68O31S/c40-4-10-16(45)21(50)26(55)35(61-10)68-31-29(58)34(59-2-1-3-71)66-15(9-60-38-32(24(53)19(48)13(7-43)64-38)69-36-27(56)22(51)17(46)11(5-41)62-36)30(31)67-39-33(25(54)20(49)14(8-44)65-39)70-37-28(57)23(52)18(47)12(6-42)63-37/h10-58,71H,1-9H2/t10?,11?,12?,13?,14?,15?,16-,17-,18-,19-,20-,21+,22+,23+,24?,25+,26?,27?,28?,29?,30-,31-,32+,33?,34+,35+,36+,37+,38-,39+/m1/s1. The lowest BCUT2D eigenvalue weighted by Crippen LogP contribution is -2.68. The summed E-state index contributed by atoms with van der Waals surface area (Å²) >= 11 is 4.16. The first-order chi connectivity index (χ1) is 33.8. The number of ether oxygens (including phenoxy) is 12. The zero-order chi connectivity index (χ0) is 52.2. The number of aliphatic hydroxyl groups is 19. The Morgan fingerprint density at radius 2 is 0.620 bits per heavy atom. The molecule has 416 valence electrons. The molecule has 0 spiro atoms. The highest BCUT2D eigenvalue weighted by atomic mass is 32.1. The summed E-state index contributed by atoms with van der Waals surface area (Å²) in [5, 5.41) is 202. The lowest BCUT2D eigenvalue weighted by atomic mass is 9.95. The van der Waals surface area contributed by atoms with E-state index in [4.69, 9.17) is 56.8 Å². The third-order valence-electron chi connectivity index (χ3n) is 13.0. The van der Waals surface area contributed by atoms with E-state index in [-0.39, 0.29) is 18.8 Å². The topological polar surface area (TPSA) is 495 Å². The fourth-order valence-electron chi connectivity index (χ4n) is 8.74. The summed E-state index contributed by atoms with van der Waals surface area (Å²) in [6.45, 7) is -5.82. The second kappa shape index (κ2) is 26.4. The zero-order valence-electron chi connectivity index (χ0n) is 37.5. The number of aliphatic hydroxyl groups excluding tert-OH is 19. The van der Waals surface area contributed by atoms with Crippen LogP contribution in [0.2, 0.25) is 0 Å². The van der Waals surface area contributed by atoms with E-state index in [0.29, 0.717) is 0 Å². The molecule has 0 aromatic carbocycles. The van der Waals surface area contributed by atoms with E-state index in [1.165, 1.54) is 0 Å². The maximum absolute atomic E-state index is 12.0. The Hall–Kier alpha value is -0.890. The molecular weight excluding hydrogens is 996 g/mol. The van der Waals surface area contributed by atoms with Crippen molar-refractivity contribution in [3.8, 4) is 0 Å². The van der Waals surface area contributed by atoms with Gasteiger partial charge in [-0.1, -0.05) is 0 Å². The maximum Gasteiger partial charge on any atom is 0.187 e. The highest BCUT2D eigenvalue weighted by Crippen LogP contribution is 2.37. The first-order valence-electron chi connectivity index (χ1n) is 22.7. The molecule has 6 aliphatic heterocycles. The normalized spacial score (nSPS) is 51.0. The summed E-state index contributed by atoms with van der Waals surface area (Å²) in [7, 11) is 0. The first-order valence-corrected chi connectivity index (χ1v) is 23.4. The fraction of sp³-hybridized carbons (Fsp3) is 1.00. The Labute approximate surface area is 408 Å². The van der Waals surface area contributed by atoms with Gasteiger partial charge in [0.15, 0.2) is 37.7 Å². The van der Waals surface area contributed by atoms with Crippen LogP contribution >= 0.6 is 12.6 Å². The first kappa shape index (κ1) is 59.4. The Bertz CT molecular complexity index is 1580. The van der Waals surface area contributed by atoms with E-state index >= 15 is 0 Å². The third kappa shape index (κ3) is 12.9. The molecule has 71 heavy (non-hydrogen) atoms. The smallest absolute Gasteiger partial charge is 0.187 e. The summed E-state index contributed by atoms with van der Waals surface area (Å²) in [4.78, 5) is 0. The summed E-state index contributed by atoms with van der Waals surface area (Å²) < 4.78 is 70.0. The lowest BCUT2D eigenvalue weighted by Gasteiger charge is -2.50. The van der Waals surface area contributed by atoms with Gasteiger partial charge < -0.3 is 154 Å². The molecule has 6 rings (SSSR count). The highest BCUT2D eigenvalue weighted by Gasteiger charge is 2.58. The molecule has 0 aromatic rings. The fourth-order valence-corrected chi connectivity index (χ4v) is 8.87. The molecule has 32 heteroatoms. The molecule has 6 heterocycles. The van der Waals surface area contributed by atoms with Gasteiger partial charge in [-0.25, -0.2) is 0 Å². The molecule has 30 atom stereocenters. The average molecular weight is 1070 g/mol. The van der Waals surface area contributed by atoms with Crippen LogP contribution in [0.4, 0.5) is 0 Å². The van der Waals surface area contributed by atoms with Crippen LogP contribution in [0.15, 0.2) is 0 Å². The van der Waals surface area contributed by atoms with Crippen molar-refractivity contribution >= 4 is 12.6 Å². The van der Waals surface area contributed by atoms with Crippen LogP contribution in [0.1, 0.15) is 6.42 Å². The molecule has 31 nitrogen and oxygen atoms in total. The minimum absolute atomic E-state index is 0.164. The molecule has 0 bridgehead atoms. The Balaban J connectivity index is 1.39. The zero-order valence-corrected chi connectivity index (χ0v) is 38.4. The Kier molecular flexibility index (Phi) is 22.1. The Morgan fingerprint density at radius 1 is 0.296 bits per heavy atom. The van der Waals surface area contributed by atoms with Gasteiger partial charge in [-0.15, -0.1) is 0 Å². The van der Waals surface area contributed by atoms with E-state index in [2.05, 4.69) is 12.6 Å². The van der Waals surface area contributed by atoms with Crippen molar-refractivity contribution in [3.63, 3.8) is 0 Å². The van der Waals surface area contributed by atoms with Crippen molar-refractivity contribution in [1.29, 1.82) is 0 Å². The molecular formula is C39H68O31S. The van der Waals surface area contributed by atoms with E-state index in [9.17, 15) is 97.0 Å². The Morgan fingerprint density at radius 3 is 1.01 bits per heavy atom. The molecule has 0 saturated carbocycles. The number of hydrogen-bond acceptors (Lipinski definition) is 32. The van der Waals surface area contributed by atoms with Crippen LogP contribution < -0.4 is 0 Å². The minimum atomic E-state index is -2.16. The molecule has 0 aromatic heterocycles. The molecule has 19 N–H and O–H groups in total. The SMILES string of the molecule is OCC1O[C@@H](OCC2O[C@H](OCCCS)C(O)[C@@H](O[C@@H]3OC(CO)[C@@H](O)[C@H](O)C3O)[C@@H]2O[C@@H]2OC(CO)[C@@H](O)[C@H](O)C2O[C@@H]2OC(CO)[C@@H](O)[C@H](O)C2O)[C@@H](O[C@@H]2OC(CO)[C@@H](O)[C@H](O)C2O)C(O)[C@@H]1O. The number of rotatable bonds is 20. The van der Waals surface area contributed by atoms with Crippen molar-refractivity contribution in [2.24, 2.45) is 0 Å². The van der Waals surface area contributed by atoms with Crippen molar-refractivity contribution in [2.75, 3.05) is 52.0 Å². The molecule has 0 amide bonds.